The van der Waals surface area contributed by atoms with Gasteiger partial charge >= 0.3 is 0 Å². The van der Waals surface area contributed by atoms with Gasteiger partial charge in [0.15, 0.2) is 0 Å². The molecular formula is C22H18Cl3N3OS. The number of benzene rings is 2. The Balaban J connectivity index is 1.69. The van der Waals surface area contributed by atoms with Crippen LogP contribution >= 0.6 is 46.6 Å². The SMILES string of the molecule is CC[C@@H](Sc1cccc(N=Cc2cccnc2Cl)c1)C(=O)Nc1ccc(Cl)c(Cl)c1. The number of thioether (sulfide) groups is 1. The summed E-state index contributed by atoms with van der Waals surface area (Å²) in [5, 5.41) is 3.87. The van der Waals surface area contributed by atoms with E-state index < -0.39 is 0 Å². The van der Waals surface area contributed by atoms with Gasteiger partial charge in [0.05, 0.1) is 21.0 Å². The van der Waals surface area contributed by atoms with Gasteiger partial charge in [-0.25, -0.2) is 4.98 Å². The molecule has 8 heteroatoms. The molecule has 1 heterocycles. The van der Waals surface area contributed by atoms with E-state index >= 15 is 0 Å². The van der Waals surface area contributed by atoms with Crippen LogP contribution in [0.5, 0.6) is 0 Å². The van der Waals surface area contributed by atoms with Crippen molar-refractivity contribution in [3.63, 3.8) is 0 Å². The van der Waals surface area contributed by atoms with E-state index in [9.17, 15) is 4.79 Å². The minimum atomic E-state index is -0.272. The Morgan fingerprint density at radius 2 is 1.97 bits per heavy atom. The lowest BCUT2D eigenvalue weighted by molar-refractivity contribution is -0.115. The lowest BCUT2D eigenvalue weighted by atomic mass is 10.2. The van der Waals surface area contributed by atoms with Gasteiger partial charge in [-0.2, -0.15) is 0 Å². The molecule has 1 N–H and O–H groups in total. The third kappa shape index (κ3) is 6.22. The van der Waals surface area contributed by atoms with Crippen molar-refractivity contribution in [1.29, 1.82) is 0 Å². The Bertz CT molecular complexity index is 1070. The van der Waals surface area contributed by atoms with Crippen molar-refractivity contribution in [2.24, 2.45) is 4.99 Å². The molecule has 0 spiro atoms. The van der Waals surface area contributed by atoms with Gasteiger partial charge < -0.3 is 5.32 Å². The van der Waals surface area contributed by atoms with Crippen molar-refractivity contribution < 1.29 is 4.79 Å². The topological polar surface area (TPSA) is 54.4 Å². The van der Waals surface area contributed by atoms with Crippen LogP contribution in [0.2, 0.25) is 15.2 Å². The summed E-state index contributed by atoms with van der Waals surface area (Å²) in [6, 6.07) is 16.3. The highest BCUT2D eigenvalue weighted by molar-refractivity contribution is 8.00. The van der Waals surface area contributed by atoms with Gasteiger partial charge in [0.1, 0.15) is 5.15 Å². The highest BCUT2D eigenvalue weighted by Crippen LogP contribution is 2.30. The van der Waals surface area contributed by atoms with Crippen molar-refractivity contribution in [2.45, 2.75) is 23.5 Å². The number of rotatable bonds is 7. The maximum absolute atomic E-state index is 12.7. The minimum absolute atomic E-state index is 0.100. The normalized spacial score (nSPS) is 12.1. The summed E-state index contributed by atoms with van der Waals surface area (Å²) in [4.78, 5) is 22.2. The quantitative estimate of drug-likeness (QED) is 0.220. The van der Waals surface area contributed by atoms with Crippen molar-refractivity contribution in [1.82, 2.24) is 4.98 Å². The molecule has 0 radical (unpaired) electrons. The molecular weight excluding hydrogens is 461 g/mol. The number of aliphatic imine (C=N–C) groups is 1. The van der Waals surface area contributed by atoms with Crippen molar-refractivity contribution in [2.75, 3.05) is 5.32 Å². The first kappa shape index (κ1) is 22.6. The predicted octanol–water partition coefficient (Wildman–Crippen LogP) is 7.30. The molecule has 0 saturated heterocycles. The van der Waals surface area contributed by atoms with Gasteiger partial charge in [0.2, 0.25) is 5.91 Å². The van der Waals surface area contributed by atoms with E-state index in [1.54, 1.807) is 36.7 Å². The van der Waals surface area contributed by atoms with Crippen LogP contribution in [-0.2, 0) is 4.79 Å². The number of nitrogens with zero attached hydrogens (tertiary/aromatic N) is 2. The van der Waals surface area contributed by atoms with Crippen molar-refractivity contribution in [3.8, 4) is 0 Å². The molecule has 1 atom stereocenters. The number of amides is 1. The van der Waals surface area contributed by atoms with E-state index in [0.717, 1.165) is 16.1 Å². The summed E-state index contributed by atoms with van der Waals surface area (Å²) >= 11 is 19.5. The van der Waals surface area contributed by atoms with E-state index in [1.807, 2.05) is 37.3 Å². The smallest absolute Gasteiger partial charge is 0.237 e. The van der Waals surface area contributed by atoms with Crippen LogP contribution in [-0.4, -0.2) is 22.4 Å². The molecule has 0 aliphatic rings. The highest BCUT2D eigenvalue weighted by Gasteiger charge is 2.18. The number of halogens is 3. The van der Waals surface area contributed by atoms with Crippen LogP contribution < -0.4 is 5.32 Å². The molecule has 0 bridgehead atoms. The van der Waals surface area contributed by atoms with E-state index in [-0.39, 0.29) is 11.2 Å². The van der Waals surface area contributed by atoms with Crippen LogP contribution in [0.3, 0.4) is 0 Å². The maximum atomic E-state index is 12.7. The third-order valence-corrected chi connectivity index (χ3v) is 6.50. The highest BCUT2D eigenvalue weighted by atomic mass is 35.5. The Morgan fingerprint density at radius 1 is 1.13 bits per heavy atom. The zero-order valence-electron chi connectivity index (χ0n) is 16.0. The van der Waals surface area contributed by atoms with Gasteiger partial charge in [0, 0.05) is 28.6 Å². The maximum Gasteiger partial charge on any atom is 0.237 e. The second kappa shape index (κ2) is 10.8. The molecule has 0 saturated carbocycles. The van der Waals surface area contributed by atoms with Crippen LogP contribution in [0.15, 0.2) is 70.7 Å². The van der Waals surface area contributed by atoms with E-state index in [1.165, 1.54) is 11.8 Å². The van der Waals surface area contributed by atoms with Gasteiger partial charge in [0.25, 0.3) is 0 Å². The Kier molecular flexibility index (Phi) is 8.16. The molecule has 4 nitrogen and oxygen atoms in total. The number of nitrogens with one attached hydrogen (secondary N) is 1. The van der Waals surface area contributed by atoms with Gasteiger partial charge in [-0.05, 0) is 55.0 Å². The first-order valence-corrected chi connectivity index (χ1v) is 11.1. The summed E-state index contributed by atoms with van der Waals surface area (Å²) in [5.74, 6) is -0.100. The molecule has 0 unspecified atom stereocenters. The first-order valence-electron chi connectivity index (χ1n) is 9.13. The Labute approximate surface area is 194 Å². The fourth-order valence-electron chi connectivity index (χ4n) is 2.56. The Morgan fingerprint density at radius 3 is 2.70 bits per heavy atom. The molecule has 1 amide bonds. The summed E-state index contributed by atoms with van der Waals surface area (Å²) in [5.41, 5.74) is 2.12. The molecule has 0 aliphatic carbocycles. The molecule has 0 fully saturated rings. The van der Waals surface area contributed by atoms with E-state index in [4.69, 9.17) is 34.8 Å². The molecule has 154 valence electrons. The molecule has 2 aromatic carbocycles. The molecule has 30 heavy (non-hydrogen) atoms. The predicted molar refractivity (Wildman–Crippen MR) is 128 cm³/mol. The standard InChI is InChI=1S/C22H18Cl3N3OS/c1-2-20(22(29)28-16-8-9-18(23)19(24)12-16)30-17-7-3-6-15(11-17)27-13-14-5-4-10-26-21(14)25/h3-13,20H,2H2,1H3,(H,28,29)/t20-/m1/s1. The summed E-state index contributed by atoms with van der Waals surface area (Å²) in [6.45, 7) is 1.97. The average Bonchev–Trinajstić information content (AvgIpc) is 2.74. The number of aromatic nitrogens is 1. The minimum Gasteiger partial charge on any atom is -0.325 e. The van der Waals surface area contributed by atoms with Gasteiger partial charge in [-0.15, -0.1) is 11.8 Å². The molecule has 0 aliphatic heterocycles. The second-order valence-corrected chi connectivity index (χ2v) is 8.72. The number of hydrogen-bond acceptors (Lipinski definition) is 4. The summed E-state index contributed by atoms with van der Waals surface area (Å²) in [6.07, 6.45) is 3.97. The molecule has 3 aromatic rings. The number of carbonyl (C=O) groups is 1. The number of pyridine rings is 1. The second-order valence-electron chi connectivity index (χ2n) is 6.27. The monoisotopic (exact) mass is 477 g/mol. The number of anilines is 1. The fourth-order valence-corrected chi connectivity index (χ4v) is 4.03. The third-order valence-electron chi connectivity index (χ3n) is 4.09. The molecule has 1 aromatic heterocycles. The molecule has 3 rings (SSSR count). The number of hydrogen-bond donors (Lipinski definition) is 1. The first-order chi connectivity index (χ1) is 14.5. The van der Waals surface area contributed by atoms with Crippen LogP contribution in [0, 0.1) is 0 Å². The van der Waals surface area contributed by atoms with Crippen LogP contribution in [0.4, 0.5) is 11.4 Å². The number of carbonyl (C=O) groups excluding carboxylic acids is 1. The lowest BCUT2D eigenvalue weighted by Gasteiger charge is -2.15. The zero-order chi connectivity index (χ0) is 21.5. The Hall–Kier alpha value is -2.05. The van der Waals surface area contributed by atoms with Crippen LogP contribution in [0.1, 0.15) is 18.9 Å². The summed E-state index contributed by atoms with van der Waals surface area (Å²) in [7, 11) is 0. The van der Waals surface area contributed by atoms with Gasteiger partial charge in [-0.1, -0.05) is 47.8 Å². The van der Waals surface area contributed by atoms with Crippen LogP contribution in [0.25, 0.3) is 0 Å². The van der Waals surface area contributed by atoms with Crippen molar-refractivity contribution >= 4 is 70.1 Å². The van der Waals surface area contributed by atoms with Gasteiger partial charge in [-0.3, -0.25) is 9.79 Å². The van der Waals surface area contributed by atoms with E-state index in [2.05, 4.69) is 15.3 Å². The average molecular weight is 479 g/mol. The fraction of sp³-hybridized carbons (Fsp3) is 0.136. The lowest BCUT2D eigenvalue weighted by Crippen LogP contribution is -2.24. The van der Waals surface area contributed by atoms with Crippen molar-refractivity contribution in [3.05, 3.63) is 81.6 Å². The summed E-state index contributed by atoms with van der Waals surface area (Å²) < 4.78 is 0. The van der Waals surface area contributed by atoms with E-state index in [0.29, 0.717) is 27.3 Å². The largest absolute Gasteiger partial charge is 0.325 e. The zero-order valence-corrected chi connectivity index (χ0v) is 19.1.